The van der Waals surface area contributed by atoms with Crippen LogP contribution in [-0.2, 0) is 4.79 Å². The van der Waals surface area contributed by atoms with E-state index in [2.05, 4.69) is 5.32 Å². The molecule has 6 heteroatoms. The lowest BCUT2D eigenvalue weighted by atomic mass is 10.2. The number of hydrogen-bond donors (Lipinski definition) is 1. The van der Waals surface area contributed by atoms with Crippen molar-refractivity contribution < 1.29 is 18.7 Å². The van der Waals surface area contributed by atoms with Crippen LogP contribution in [0.2, 0.25) is 5.02 Å². The van der Waals surface area contributed by atoms with E-state index in [1.165, 1.54) is 31.4 Å². The van der Waals surface area contributed by atoms with Gasteiger partial charge >= 0.3 is 0 Å². The Kier molecular flexibility index (Phi) is 5.82. The van der Waals surface area contributed by atoms with Gasteiger partial charge in [0, 0.05) is 5.69 Å². The van der Waals surface area contributed by atoms with Gasteiger partial charge in [0.25, 0.3) is 5.91 Å². The normalized spacial score (nSPS) is 11.7. The van der Waals surface area contributed by atoms with Crippen molar-refractivity contribution >= 4 is 23.2 Å². The van der Waals surface area contributed by atoms with Crippen LogP contribution >= 0.6 is 11.6 Å². The molecule has 0 aliphatic carbocycles. The van der Waals surface area contributed by atoms with E-state index in [0.717, 1.165) is 0 Å². The summed E-state index contributed by atoms with van der Waals surface area (Å²) in [5, 5.41) is 3.14. The van der Waals surface area contributed by atoms with E-state index in [-0.39, 0.29) is 11.7 Å². The molecule has 23 heavy (non-hydrogen) atoms. The second-order valence-electron chi connectivity index (χ2n) is 4.81. The molecule has 0 aromatic heterocycles. The minimum absolute atomic E-state index is 0.307. The van der Waals surface area contributed by atoms with Crippen LogP contribution < -0.4 is 14.8 Å². The van der Waals surface area contributed by atoms with Crippen LogP contribution in [-0.4, -0.2) is 19.1 Å². The van der Waals surface area contributed by atoms with Gasteiger partial charge in [0.05, 0.1) is 12.1 Å². The number of carbonyl (C=O) groups excluding carboxylic acids is 1. The summed E-state index contributed by atoms with van der Waals surface area (Å²) < 4.78 is 23.5. The zero-order chi connectivity index (χ0) is 16.8. The van der Waals surface area contributed by atoms with Crippen molar-refractivity contribution in [2.45, 2.75) is 19.4 Å². The third-order valence-corrected chi connectivity index (χ3v) is 3.47. The highest BCUT2D eigenvalue weighted by atomic mass is 35.5. The van der Waals surface area contributed by atoms with Crippen LogP contribution in [0.4, 0.5) is 10.1 Å². The van der Waals surface area contributed by atoms with Gasteiger partial charge in [0.1, 0.15) is 17.3 Å². The highest BCUT2D eigenvalue weighted by Gasteiger charge is 2.19. The first-order chi connectivity index (χ1) is 11.0. The SMILES string of the molecule is CC[C@@H](Oc1ccc(F)cc1)C(=O)Nc1ccc(OC)c(Cl)c1. The van der Waals surface area contributed by atoms with Crippen molar-refractivity contribution in [2.75, 3.05) is 12.4 Å². The summed E-state index contributed by atoms with van der Waals surface area (Å²) in [6, 6.07) is 10.5. The van der Waals surface area contributed by atoms with E-state index in [1.54, 1.807) is 18.2 Å². The van der Waals surface area contributed by atoms with E-state index in [9.17, 15) is 9.18 Å². The lowest BCUT2D eigenvalue weighted by Gasteiger charge is -2.17. The van der Waals surface area contributed by atoms with E-state index in [1.807, 2.05) is 6.92 Å². The highest BCUT2D eigenvalue weighted by molar-refractivity contribution is 6.32. The number of halogens is 2. The Morgan fingerprint density at radius 2 is 1.96 bits per heavy atom. The van der Waals surface area contributed by atoms with Gasteiger partial charge < -0.3 is 14.8 Å². The number of rotatable bonds is 6. The first kappa shape index (κ1) is 17.1. The second kappa shape index (κ2) is 7.83. The molecule has 2 aromatic carbocycles. The minimum Gasteiger partial charge on any atom is -0.495 e. The van der Waals surface area contributed by atoms with Crippen LogP contribution in [0.5, 0.6) is 11.5 Å². The van der Waals surface area contributed by atoms with Crippen LogP contribution in [0.1, 0.15) is 13.3 Å². The third-order valence-electron chi connectivity index (χ3n) is 3.17. The molecule has 2 rings (SSSR count). The Morgan fingerprint density at radius 3 is 2.52 bits per heavy atom. The Morgan fingerprint density at radius 1 is 1.26 bits per heavy atom. The lowest BCUT2D eigenvalue weighted by molar-refractivity contribution is -0.122. The fourth-order valence-corrected chi connectivity index (χ4v) is 2.22. The number of amides is 1. The molecule has 0 saturated carbocycles. The summed E-state index contributed by atoms with van der Waals surface area (Å²) in [7, 11) is 1.52. The minimum atomic E-state index is -0.693. The fourth-order valence-electron chi connectivity index (χ4n) is 1.97. The van der Waals surface area contributed by atoms with Crippen LogP contribution in [0.15, 0.2) is 42.5 Å². The van der Waals surface area contributed by atoms with Crippen molar-refractivity contribution in [2.24, 2.45) is 0 Å². The van der Waals surface area contributed by atoms with E-state index in [0.29, 0.717) is 28.6 Å². The molecule has 0 aliphatic heterocycles. The molecule has 0 spiro atoms. The maximum atomic E-state index is 12.9. The molecule has 0 saturated heterocycles. The summed E-state index contributed by atoms with van der Waals surface area (Å²) in [5.41, 5.74) is 0.543. The zero-order valence-electron chi connectivity index (χ0n) is 12.8. The lowest BCUT2D eigenvalue weighted by Crippen LogP contribution is -2.32. The Hall–Kier alpha value is -2.27. The van der Waals surface area contributed by atoms with Gasteiger partial charge in [0.15, 0.2) is 6.10 Å². The van der Waals surface area contributed by atoms with Crippen LogP contribution in [0, 0.1) is 5.82 Å². The molecule has 1 amide bonds. The van der Waals surface area contributed by atoms with Crippen LogP contribution in [0.3, 0.4) is 0 Å². The predicted molar refractivity (Wildman–Crippen MR) is 87.7 cm³/mol. The molecule has 122 valence electrons. The predicted octanol–water partition coefficient (Wildman–Crippen LogP) is 4.28. The molecule has 0 aliphatic rings. The number of carbonyl (C=O) groups is 1. The average molecular weight is 338 g/mol. The van der Waals surface area contributed by atoms with Crippen molar-refractivity contribution in [3.63, 3.8) is 0 Å². The molecule has 0 fully saturated rings. The van der Waals surface area contributed by atoms with Crippen molar-refractivity contribution in [3.8, 4) is 11.5 Å². The Balaban J connectivity index is 2.04. The first-order valence-electron chi connectivity index (χ1n) is 7.10. The number of nitrogens with one attached hydrogen (secondary N) is 1. The molecule has 0 bridgehead atoms. The van der Waals surface area contributed by atoms with Gasteiger partial charge in [-0.3, -0.25) is 4.79 Å². The van der Waals surface area contributed by atoms with E-state index < -0.39 is 6.10 Å². The smallest absolute Gasteiger partial charge is 0.265 e. The summed E-state index contributed by atoms with van der Waals surface area (Å²) in [6.45, 7) is 1.83. The molecule has 2 aromatic rings. The second-order valence-corrected chi connectivity index (χ2v) is 5.21. The van der Waals surface area contributed by atoms with Gasteiger partial charge in [0.2, 0.25) is 0 Å². The topological polar surface area (TPSA) is 47.6 Å². The van der Waals surface area contributed by atoms with E-state index >= 15 is 0 Å². The molecule has 0 radical (unpaired) electrons. The first-order valence-corrected chi connectivity index (χ1v) is 7.48. The van der Waals surface area contributed by atoms with Crippen molar-refractivity contribution in [1.29, 1.82) is 0 Å². The summed E-state index contributed by atoms with van der Waals surface area (Å²) in [6.07, 6.45) is -0.228. The highest BCUT2D eigenvalue weighted by Crippen LogP contribution is 2.27. The summed E-state index contributed by atoms with van der Waals surface area (Å²) in [4.78, 5) is 12.3. The number of methoxy groups -OCH3 is 1. The largest absolute Gasteiger partial charge is 0.495 e. The number of anilines is 1. The van der Waals surface area contributed by atoms with Gasteiger partial charge in [-0.25, -0.2) is 4.39 Å². The molecule has 1 N–H and O–H groups in total. The van der Waals surface area contributed by atoms with Gasteiger partial charge in [-0.15, -0.1) is 0 Å². The maximum Gasteiger partial charge on any atom is 0.265 e. The standard InChI is InChI=1S/C17H17ClFNO3/c1-3-15(23-13-7-4-11(19)5-8-13)17(21)20-12-6-9-16(22-2)14(18)10-12/h4-10,15H,3H2,1-2H3,(H,20,21)/t15-/m1/s1. The summed E-state index contributed by atoms with van der Waals surface area (Å²) >= 11 is 6.03. The summed E-state index contributed by atoms with van der Waals surface area (Å²) in [5.74, 6) is 0.293. The fraction of sp³-hybridized carbons (Fsp3) is 0.235. The monoisotopic (exact) mass is 337 g/mol. The Bertz CT molecular complexity index is 676. The molecular formula is C17H17ClFNO3. The number of benzene rings is 2. The molecule has 0 unspecified atom stereocenters. The van der Waals surface area contributed by atoms with Crippen molar-refractivity contribution in [3.05, 3.63) is 53.3 Å². The molecule has 0 heterocycles. The maximum absolute atomic E-state index is 12.9. The van der Waals surface area contributed by atoms with E-state index in [4.69, 9.17) is 21.1 Å². The van der Waals surface area contributed by atoms with Crippen LogP contribution in [0.25, 0.3) is 0 Å². The molecule has 4 nitrogen and oxygen atoms in total. The molecular weight excluding hydrogens is 321 g/mol. The quantitative estimate of drug-likeness (QED) is 0.855. The zero-order valence-corrected chi connectivity index (χ0v) is 13.6. The van der Waals surface area contributed by atoms with Gasteiger partial charge in [-0.2, -0.15) is 0 Å². The number of hydrogen-bond acceptors (Lipinski definition) is 3. The average Bonchev–Trinajstić information content (AvgIpc) is 2.54. The third kappa shape index (κ3) is 4.60. The Labute approximate surface area is 139 Å². The number of ether oxygens (including phenoxy) is 2. The molecule has 1 atom stereocenters. The van der Waals surface area contributed by atoms with Gasteiger partial charge in [-0.1, -0.05) is 18.5 Å². The van der Waals surface area contributed by atoms with Crippen molar-refractivity contribution in [1.82, 2.24) is 0 Å². The van der Waals surface area contributed by atoms with Gasteiger partial charge in [-0.05, 0) is 48.9 Å².